The van der Waals surface area contributed by atoms with Crippen molar-refractivity contribution in [3.8, 4) is 17.2 Å². The van der Waals surface area contributed by atoms with Crippen LogP contribution >= 0.6 is 0 Å². The molecule has 1 N–H and O–H groups in total. The fraction of sp³-hybridized carbons (Fsp3) is 0.333. The highest BCUT2D eigenvalue weighted by Crippen LogP contribution is 2.30. The average molecular weight is 432 g/mol. The Labute approximate surface area is 179 Å². The summed E-state index contributed by atoms with van der Waals surface area (Å²) in [5.74, 6) is -0.351. The summed E-state index contributed by atoms with van der Waals surface area (Å²) in [7, 11) is 1.32. The van der Waals surface area contributed by atoms with E-state index in [0.717, 1.165) is 0 Å². The van der Waals surface area contributed by atoms with E-state index in [1.165, 1.54) is 44.4 Å². The van der Waals surface area contributed by atoms with Crippen LogP contribution < -0.4 is 19.5 Å². The topological polar surface area (TPSA) is 126 Å². The van der Waals surface area contributed by atoms with Crippen LogP contribution in [0.4, 0.5) is 11.4 Å². The van der Waals surface area contributed by atoms with E-state index in [9.17, 15) is 19.7 Å². The summed E-state index contributed by atoms with van der Waals surface area (Å²) in [4.78, 5) is 35.2. The quantitative estimate of drug-likeness (QED) is 0.343. The molecular weight excluding hydrogens is 408 g/mol. The Kier molecular flexibility index (Phi) is 8.18. The van der Waals surface area contributed by atoms with Crippen molar-refractivity contribution in [2.75, 3.05) is 25.6 Å². The van der Waals surface area contributed by atoms with Gasteiger partial charge in [0.2, 0.25) is 0 Å². The van der Waals surface area contributed by atoms with Crippen molar-refractivity contribution < 1.29 is 33.5 Å². The third-order valence-corrected chi connectivity index (χ3v) is 4.09. The van der Waals surface area contributed by atoms with Gasteiger partial charge in [-0.15, -0.1) is 0 Å². The number of ether oxygens (including phenoxy) is 4. The molecule has 0 aliphatic heterocycles. The second-order valence-corrected chi connectivity index (χ2v) is 6.21. The van der Waals surface area contributed by atoms with Crippen molar-refractivity contribution in [2.24, 2.45) is 0 Å². The molecule has 1 amide bonds. The predicted octanol–water partition coefficient (Wildman–Crippen LogP) is 3.58. The van der Waals surface area contributed by atoms with Gasteiger partial charge in [-0.05, 0) is 45.0 Å². The first-order chi connectivity index (χ1) is 14.8. The standard InChI is InChI=1S/C21H24N2O8/c1-5-29-17-10-7-14(11-19(17)30-6-2)21(25)31-13(3)20(24)22-16-9-8-15(23(26)27)12-18(16)28-4/h7-13H,5-6H2,1-4H3,(H,22,24)/t13-/m0/s1. The molecule has 0 aromatic heterocycles. The molecule has 2 rings (SSSR count). The van der Waals surface area contributed by atoms with Gasteiger partial charge in [0.25, 0.3) is 11.6 Å². The fourth-order valence-corrected chi connectivity index (χ4v) is 2.59. The number of methoxy groups -OCH3 is 1. The van der Waals surface area contributed by atoms with Crippen molar-refractivity contribution >= 4 is 23.3 Å². The van der Waals surface area contributed by atoms with Crippen molar-refractivity contribution in [3.05, 3.63) is 52.1 Å². The van der Waals surface area contributed by atoms with Crippen LogP contribution in [-0.2, 0) is 9.53 Å². The number of rotatable bonds is 10. The van der Waals surface area contributed by atoms with Gasteiger partial charge in [-0.3, -0.25) is 14.9 Å². The van der Waals surface area contributed by atoms with Gasteiger partial charge < -0.3 is 24.3 Å². The minimum atomic E-state index is -1.14. The Balaban J connectivity index is 2.10. The van der Waals surface area contributed by atoms with Gasteiger partial charge in [-0.25, -0.2) is 4.79 Å². The summed E-state index contributed by atoms with van der Waals surface area (Å²) in [6.45, 7) is 5.86. The number of hydrogen-bond acceptors (Lipinski definition) is 8. The smallest absolute Gasteiger partial charge is 0.339 e. The van der Waals surface area contributed by atoms with Gasteiger partial charge in [-0.1, -0.05) is 0 Å². The molecule has 0 heterocycles. The number of hydrogen-bond donors (Lipinski definition) is 1. The summed E-state index contributed by atoms with van der Waals surface area (Å²) in [5.41, 5.74) is 0.218. The maximum atomic E-state index is 12.5. The fourth-order valence-electron chi connectivity index (χ4n) is 2.59. The van der Waals surface area contributed by atoms with Crippen LogP contribution in [0.3, 0.4) is 0 Å². The van der Waals surface area contributed by atoms with E-state index in [0.29, 0.717) is 24.7 Å². The molecule has 2 aromatic rings. The third kappa shape index (κ3) is 6.08. The number of nitro benzene ring substituents is 1. The zero-order valence-corrected chi connectivity index (χ0v) is 17.7. The minimum absolute atomic E-state index is 0.106. The molecule has 0 bridgehead atoms. The van der Waals surface area contributed by atoms with Gasteiger partial charge in [0.15, 0.2) is 17.6 Å². The second kappa shape index (κ2) is 10.8. The number of nitrogens with zero attached hydrogens (tertiary/aromatic N) is 1. The van der Waals surface area contributed by atoms with E-state index in [1.54, 1.807) is 13.0 Å². The molecule has 0 radical (unpaired) electrons. The lowest BCUT2D eigenvalue weighted by molar-refractivity contribution is -0.384. The summed E-state index contributed by atoms with van der Waals surface area (Å²) >= 11 is 0. The van der Waals surface area contributed by atoms with E-state index < -0.39 is 22.9 Å². The summed E-state index contributed by atoms with van der Waals surface area (Å²) in [6, 6.07) is 8.34. The molecule has 0 saturated carbocycles. The highest BCUT2D eigenvalue weighted by atomic mass is 16.6. The van der Waals surface area contributed by atoms with E-state index >= 15 is 0 Å². The normalized spacial score (nSPS) is 11.2. The van der Waals surface area contributed by atoms with Crippen molar-refractivity contribution in [3.63, 3.8) is 0 Å². The Morgan fingerprint density at radius 1 is 1.03 bits per heavy atom. The molecule has 1 atom stereocenters. The number of esters is 1. The molecule has 31 heavy (non-hydrogen) atoms. The van der Waals surface area contributed by atoms with E-state index in [-0.39, 0.29) is 22.7 Å². The molecule has 10 heteroatoms. The number of carbonyl (C=O) groups is 2. The van der Waals surface area contributed by atoms with Gasteiger partial charge in [0, 0.05) is 6.07 Å². The lowest BCUT2D eigenvalue weighted by atomic mass is 10.2. The molecule has 0 aliphatic carbocycles. The zero-order valence-electron chi connectivity index (χ0n) is 17.7. The zero-order chi connectivity index (χ0) is 23.0. The van der Waals surface area contributed by atoms with Crippen molar-refractivity contribution in [1.29, 1.82) is 0 Å². The number of non-ortho nitro benzene ring substituents is 1. The van der Waals surface area contributed by atoms with Crippen LogP contribution in [0.15, 0.2) is 36.4 Å². The number of amides is 1. The van der Waals surface area contributed by atoms with Gasteiger partial charge >= 0.3 is 5.97 Å². The second-order valence-electron chi connectivity index (χ2n) is 6.21. The number of nitro groups is 1. The first kappa shape index (κ1) is 23.5. The average Bonchev–Trinajstić information content (AvgIpc) is 2.75. The van der Waals surface area contributed by atoms with E-state index in [1.807, 2.05) is 6.92 Å². The van der Waals surface area contributed by atoms with Gasteiger partial charge in [0.1, 0.15) is 5.75 Å². The Morgan fingerprint density at radius 2 is 1.71 bits per heavy atom. The molecule has 0 fully saturated rings. The lowest BCUT2D eigenvalue weighted by Crippen LogP contribution is -2.30. The monoisotopic (exact) mass is 432 g/mol. The van der Waals surface area contributed by atoms with Crippen LogP contribution in [0.25, 0.3) is 0 Å². The first-order valence-corrected chi connectivity index (χ1v) is 9.54. The third-order valence-electron chi connectivity index (χ3n) is 4.09. The summed E-state index contributed by atoms with van der Waals surface area (Å²) < 4.78 is 21.3. The minimum Gasteiger partial charge on any atom is -0.494 e. The van der Waals surface area contributed by atoms with Crippen molar-refractivity contribution in [2.45, 2.75) is 26.9 Å². The maximum Gasteiger partial charge on any atom is 0.339 e. The van der Waals surface area contributed by atoms with Crippen LogP contribution in [0, 0.1) is 10.1 Å². The van der Waals surface area contributed by atoms with Gasteiger partial charge in [-0.2, -0.15) is 0 Å². The molecular formula is C21H24N2O8. The molecule has 0 aliphatic rings. The SMILES string of the molecule is CCOc1ccc(C(=O)O[C@@H](C)C(=O)Nc2ccc([N+](=O)[O-])cc2OC)cc1OCC. The highest BCUT2D eigenvalue weighted by molar-refractivity contribution is 5.98. The Hall–Kier alpha value is -3.82. The number of nitrogens with one attached hydrogen (secondary N) is 1. The van der Waals surface area contributed by atoms with E-state index in [2.05, 4.69) is 5.32 Å². The Bertz CT molecular complexity index is 960. The summed E-state index contributed by atoms with van der Waals surface area (Å²) in [6.07, 6.45) is -1.14. The van der Waals surface area contributed by atoms with Crippen LogP contribution in [0.5, 0.6) is 17.2 Å². The molecule has 2 aromatic carbocycles. The summed E-state index contributed by atoms with van der Waals surface area (Å²) in [5, 5.41) is 13.4. The van der Waals surface area contributed by atoms with Crippen molar-refractivity contribution in [1.82, 2.24) is 0 Å². The maximum absolute atomic E-state index is 12.5. The van der Waals surface area contributed by atoms with Gasteiger partial charge in [0.05, 0.1) is 42.6 Å². The number of benzene rings is 2. The highest BCUT2D eigenvalue weighted by Gasteiger charge is 2.22. The molecule has 0 unspecified atom stereocenters. The van der Waals surface area contributed by atoms with Crippen LogP contribution in [-0.4, -0.2) is 43.2 Å². The molecule has 166 valence electrons. The lowest BCUT2D eigenvalue weighted by Gasteiger charge is -2.16. The molecule has 10 nitrogen and oxygen atoms in total. The predicted molar refractivity (Wildman–Crippen MR) is 112 cm³/mol. The largest absolute Gasteiger partial charge is 0.494 e. The van der Waals surface area contributed by atoms with Crippen LogP contribution in [0.1, 0.15) is 31.1 Å². The number of anilines is 1. The Morgan fingerprint density at radius 3 is 2.32 bits per heavy atom. The first-order valence-electron chi connectivity index (χ1n) is 9.54. The van der Waals surface area contributed by atoms with Crippen LogP contribution in [0.2, 0.25) is 0 Å². The molecule has 0 spiro atoms. The van der Waals surface area contributed by atoms with E-state index in [4.69, 9.17) is 18.9 Å². The molecule has 0 saturated heterocycles. The number of carbonyl (C=O) groups excluding carboxylic acids is 2.